The van der Waals surface area contributed by atoms with E-state index in [1.165, 1.54) is 0 Å². The highest BCUT2D eigenvalue weighted by Gasteiger charge is 2.17. The summed E-state index contributed by atoms with van der Waals surface area (Å²) in [5.74, 6) is 1.58. The molecule has 7 heteroatoms. The first-order chi connectivity index (χ1) is 8.93. The van der Waals surface area contributed by atoms with Crippen molar-refractivity contribution in [3.63, 3.8) is 0 Å². The Hall–Kier alpha value is -1.47. The molecule has 0 atom stereocenters. The van der Waals surface area contributed by atoms with Gasteiger partial charge in [0.25, 0.3) is 0 Å². The van der Waals surface area contributed by atoms with Crippen LogP contribution in [0.15, 0.2) is 6.20 Å². The zero-order valence-electron chi connectivity index (χ0n) is 10.3. The van der Waals surface area contributed by atoms with Crippen LogP contribution in [0.2, 0.25) is 0 Å². The van der Waals surface area contributed by atoms with E-state index in [4.69, 9.17) is 9.47 Å². The average molecular weight is 251 g/mol. The van der Waals surface area contributed by atoms with Gasteiger partial charge in [-0.15, -0.1) is 5.10 Å². The first-order valence-electron chi connectivity index (χ1n) is 6.28. The second kappa shape index (κ2) is 5.45. The van der Waals surface area contributed by atoms with Gasteiger partial charge in [-0.1, -0.05) is 0 Å². The maximum absolute atomic E-state index is 5.34. The van der Waals surface area contributed by atoms with Crippen LogP contribution in [0.25, 0.3) is 0 Å². The Labute approximate surface area is 106 Å². The molecule has 0 unspecified atom stereocenters. The number of rotatable bonds is 2. The van der Waals surface area contributed by atoms with Crippen molar-refractivity contribution in [3.8, 4) is 0 Å². The molecule has 0 aromatic carbocycles. The molecule has 7 nitrogen and oxygen atoms in total. The van der Waals surface area contributed by atoms with Gasteiger partial charge in [0, 0.05) is 26.2 Å². The number of nitrogens with zero attached hydrogens (tertiary/aromatic N) is 5. The van der Waals surface area contributed by atoms with E-state index in [0.717, 1.165) is 58.4 Å². The van der Waals surface area contributed by atoms with E-state index in [9.17, 15) is 0 Å². The summed E-state index contributed by atoms with van der Waals surface area (Å²) < 4.78 is 10.7. The minimum Gasteiger partial charge on any atom is -0.378 e. The lowest BCUT2D eigenvalue weighted by atomic mass is 10.4. The van der Waals surface area contributed by atoms with Crippen molar-refractivity contribution in [1.29, 1.82) is 0 Å². The van der Waals surface area contributed by atoms with Gasteiger partial charge in [0.05, 0.1) is 32.6 Å². The minimum absolute atomic E-state index is 0.697. The van der Waals surface area contributed by atoms with Crippen LogP contribution in [-0.2, 0) is 9.47 Å². The van der Waals surface area contributed by atoms with Crippen LogP contribution in [0, 0.1) is 0 Å². The second-order valence-corrected chi connectivity index (χ2v) is 4.31. The van der Waals surface area contributed by atoms with Crippen LogP contribution >= 0.6 is 0 Å². The van der Waals surface area contributed by atoms with Gasteiger partial charge in [-0.05, 0) is 0 Å². The van der Waals surface area contributed by atoms with Crippen molar-refractivity contribution in [1.82, 2.24) is 15.2 Å². The maximum Gasteiger partial charge on any atom is 0.247 e. The molecule has 18 heavy (non-hydrogen) atoms. The quantitative estimate of drug-likeness (QED) is 0.705. The Balaban J connectivity index is 1.75. The lowest BCUT2D eigenvalue weighted by molar-refractivity contribution is 0.121. The fourth-order valence-electron chi connectivity index (χ4n) is 2.13. The molecule has 0 amide bonds. The van der Waals surface area contributed by atoms with E-state index < -0.39 is 0 Å². The van der Waals surface area contributed by atoms with Gasteiger partial charge in [-0.2, -0.15) is 10.1 Å². The van der Waals surface area contributed by atoms with Gasteiger partial charge >= 0.3 is 0 Å². The maximum atomic E-state index is 5.34. The van der Waals surface area contributed by atoms with Gasteiger partial charge in [-0.3, -0.25) is 0 Å². The van der Waals surface area contributed by atoms with Crippen molar-refractivity contribution in [3.05, 3.63) is 6.20 Å². The van der Waals surface area contributed by atoms with Crippen LogP contribution in [0.1, 0.15) is 0 Å². The van der Waals surface area contributed by atoms with E-state index in [1.807, 2.05) is 0 Å². The number of aromatic nitrogens is 3. The van der Waals surface area contributed by atoms with Crippen molar-refractivity contribution in [2.45, 2.75) is 0 Å². The molecule has 2 aliphatic heterocycles. The van der Waals surface area contributed by atoms with E-state index in [0.29, 0.717) is 5.95 Å². The first kappa shape index (κ1) is 11.6. The number of anilines is 2. The molecule has 98 valence electrons. The molecule has 2 saturated heterocycles. The highest BCUT2D eigenvalue weighted by Crippen LogP contribution is 2.15. The molecular weight excluding hydrogens is 234 g/mol. The Morgan fingerprint density at radius 2 is 1.50 bits per heavy atom. The number of hydrogen-bond donors (Lipinski definition) is 0. The average Bonchev–Trinajstić information content (AvgIpc) is 2.49. The van der Waals surface area contributed by atoms with Crippen molar-refractivity contribution in [2.75, 3.05) is 62.4 Å². The van der Waals surface area contributed by atoms with E-state index in [2.05, 4.69) is 25.0 Å². The first-order valence-corrected chi connectivity index (χ1v) is 6.28. The smallest absolute Gasteiger partial charge is 0.247 e. The number of morpholine rings is 2. The summed E-state index contributed by atoms with van der Waals surface area (Å²) in [6.07, 6.45) is 1.72. The summed E-state index contributed by atoms with van der Waals surface area (Å²) in [6.45, 7) is 6.33. The Bertz CT molecular complexity index is 358. The van der Waals surface area contributed by atoms with Crippen LogP contribution < -0.4 is 9.80 Å². The molecule has 0 saturated carbocycles. The Morgan fingerprint density at radius 3 is 2.17 bits per heavy atom. The zero-order chi connectivity index (χ0) is 12.2. The molecule has 3 heterocycles. The summed E-state index contributed by atoms with van der Waals surface area (Å²) in [5.41, 5.74) is 0. The second-order valence-electron chi connectivity index (χ2n) is 4.31. The van der Waals surface area contributed by atoms with Crippen molar-refractivity contribution >= 4 is 11.8 Å². The summed E-state index contributed by atoms with van der Waals surface area (Å²) in [7, 11) is 0. The van der Waals surface area contributed by atoms with Gasteiger partial charge < -0.3 is 19.3 Å². The third-order valence-corrected chi connectivity index (χ3v) is 3.16. The molecule has 0 aliphatic carbocycles. The van der Waals surface area contributed by atoms with Crippen LogP contribution in [0.4, 0.5) is 11.8 Å². The molecule has 1 aromatic heterocycles. The zero-order valence-corrected chi connectivity index (χ0v) is 10.3. The molecule has 0 radical (unpaired) electrons. The highest BCUT2D eigenvalue weighted by molar-refractivity contribution is 5.42. The summed E-state index contributed by atoms with van der Waals surface area (Å²) in [6, 6.07) is 0. The normalized spacial score (nSPS) is 21.1. The third kappa shape index (κ3) is 2.51. The summed E-state index contributed by atoms with van der Waals surface area (Å²) >= 11 is 0. The van der Waals surface area contributed by atoms with Crippen LogP contribution in [0.5, 0.6) is 0 Å². The van der Waals surface area contributed by atoms with Crippen LogP contribution in [-0.4, -0.2) is 67.8 Å². The highest BCUT2D eigenvalue weighted by atomic mass is 16.5. The molecule has 0 N–H and O–H groups in total. The minimum atomic E-state index is 0.697. The van der Waals surface area contributed by atoms with E-state index in [-0.39, 0.29) is 0 Å². The third-order valence-electron chi connectivity index (χ3n) is 3.16. The predicted molar refractivity (Wildman–Crippen MR) is 65.9 cm³/mol. The summed E-state index contributed by atoms with van der Waals surface area (Å²) in [5, 5.41) is 8.17. The Morgan fingerprint density at radius 1 is 0.889 bits per heavy atom. The predicted octanol–water partition coefficient (Wildman–Crippen LogP) is -0.455. The van der Waals surface area contributed by atoms with E-state index >= 15 is 0 Å². The molecule has 2 aliphatic rings. The van der Waals surface area contributed by atoms with E-state index in [1.54, 1.807) is 6.20 Å². The summed E-state index contributed by atoms with van der Waals surface area (Å²) in [4.78, 5) is 8.88. The Kier molecular flexibility index (Phi) is 3.51. The molecule has 3 rings (SSSR count). The molecule has 0 spiro atoms. The molecule has 0 bridgehead atoms. The largest absolute Gasteiger partial charge is 0.378 e. The van der Waals surface area contributed by atoms with Crippen LogP contribution in [0.3, 0.4) is 0 Å². The lowest BCUT2D eigenvalue weighted by Gasteiger charge is -2.29. The lowest BCUT2D eigenvalue weighted by Crippen LogP contribution is -2.39. The van der Waals surface area contributed by atoms with Crippen molar-refractivity contribution < 1.29 is 9.47 Å². The number of ether oxygens (including phenoxy) is 2. The standard InChI is InChI=1S/C11H17N5O2/c1-5-17-6-2-15(1)10-9-12-14-11(13-10)16-3-7-18-8-4-16/h9H,1-8H2. The monoisotopic (exact) mass is 251 g/mol. The topological polar surface area (TPSA) is 63.6 Å². The molecule has 2 fully saturated rings. The SMILES string of the molecule is c1nnc(N2CCOCC2)nc1N1CCOCC1. The van der Waals surface area contributed by atoms with Gasteiger partial charge in [0.15, 0.2) is 5.82 Å². The van der Waals surface area contributed by atoms with Crippen molar-refractivity contribution in [2.24, 2.45) is 0 Å². The fourth-order valence-corrected chi connectivity index (χ4v) is 2.13. The number of hydrogen-bond acceptors (Lipinski definition) is 7. The molecular formula is C11H17N5O2. The van der Waals surface area contributed by atoms with Gasteiger partial charge in [-0.25, -0.2) is 0 Å². The van der Waals surface area contributed by atoms with Gasteiger partial charge in [0.1, 0.15) is 0 Å². The fraction of sp³-hybridized carbons (Fsp3) is 0.727. The van der Waals surface area contributed by atoms with Gasteiger partial charge in [0.2, 0.25) is 5.95 Å². The molecule has 1 aromatic rings.